The largest absolute Gasteiger partial charge is 0.386 e. The van der Waals surface area contributed by atoms with Crippen LogP contribution in [0.25, 0.3) is 0 Å². The van der Waals surface area contributed by atoms with Crippen LogP contribution in [0.1, 0.15) is 18.6 Å². The van der Waals surface area contributed by atoms with Crippen molar-refractivity contribution in [3.8, 4) is 0 Å². The second kappa shape index (κ2) is 3.77. The number of carbonyl (C=O) groups is 1. The highest BCUT2D eigenvalue weighted by atomic mass is 16.3. The van der Waals surface area contributed by atoms with E-state index in [1.165, 1.54) is 6.92 Å². The van der Waals surface area contributed by atoms with Crippen molar-refractivity contribution in [3.05, 3.63) is 35.9 Å². The fourth-order valence-electron chi connectivity index (χ4n) is 1.12. The van der Waals surface area contributed by atoms with Crippen molar-refractivity contribution >= 4 is 5.91 Å². The van der Waals surface area contributed by atoms with Gasteiger partial charge in [0.2, 0.25) is 5.91 Å². The van der Waals surface area contributed by atoms with E-state index >= 15 is 0 Å². The van der Waals surface area contributed by atoms with Gasteiger partial charge in [0.1, 0.15) is 11.6 Å². The maximum absolute atomic E-state index is 11.0. The fourth-order valence-corrected chi connectivity index (χ4v) is 1.12. The minimum atomic E-state index is -1.44. The molecule has 1 rings (SSSR count). The molecule has 1 amide bonds. The van der Waals surface area contributed by atoms with Crippen molar-refractivity contribution in [3.63, 3.8) is 0 Å². The molecule has 0 bridgehead atoms. The molecule has 0 aromatic heterocycles. The molecule has 4 heteroatoms. The third-order valence-electron chi connectivity index (χ3n) is 2.21. The van der Waals surface area contributed by atoms with Crippen LogP contribution in [-0.2, 0) is 4.79 Å². The Labute approximate surface area is 82.5 Å². The first kappa shape index (κ1) is 10.7. The Bertz CT molecular complexity index is 322. The Balaban J connectivity index is 2.96. The van der Waals surface area contributed by atoms with E-state index in [9.17, 15) is 9.90 Å². The second-order valence-electron chi connectivity index (χ2n) is 3.46. The van der Waals surface area contributed by atoms with Crippen LogP contribution >= 0.6 is 0 Å². The highest BCUT2D eigenvalue weighted by molar-refractivity contribution is 5.84. The maximum atomic E-state index is 11.0. The molecule has 0 saturated heterocycles. The van der Waals surface area contributed by atoms with Gasteiger partial charge >= 0.3 is 0 Å². The van der Waals surface area contributed by atoms with Crippen molar-refractivity contribution < 1.29 is 9.90 Å². The lowest BCUT2D eigenvalue weighted by Gasteiger charge is -2.27. The number of hydrogen-bond donors (Lipinski definition) is 3. The Morgan fingerprint density at radius 2 is 1.93 bits per heavy atom. The Morgan fingerprint density at radius 3 is 2.36 bits per heavy atom. The molecule has 0 aliphatic heterocycles. The number of primary amides is 1. The number of benzene rings is 1. The van der Waals surface area contributed by atoms with Gasteiger partial charge in [-0.1, -0.05) is 30.3 Å². The number of nitrogens with two attached hydrogens (primary N) is 2. The van der Waals surface area contributed by atoms with E-state index in [2.05, 4.69) is 0 Å². The molecule has 0 unspecified atom stereocenters. The third kappa shape index (κ3) is 1.92. The molecule has 4 nitrogen and oxygen atoms in total. The summed E-state index contributed by atoms with van der Waals surface area (Å²) in [5, 5.41) is 9.79. The molecular weight excluding hydrogens is 180 g/mol. The fraction of sp³-hybridized carbons (Fsp3) is 0.300. The summed E-state index contributed by atoms with van der Waals surface area (Å²) in [6.07, 6.45) is -1.08. The van der Waals surface area contributed by atoms with Crippen LogP contribution in [0.4, 0.5) is 0 Å². The van der Waals surface area contributed by atoms with E-state index in [0.29, 0.717) is 5.56 Å². The standard InChI is InChI=1S/C10H14N2O2/c1-10(12,9(11)14)8(13)7-5-3-2-4-6-7/h2-6,8,13H,12H2,1H3,(H2,11,14)/t8-,10-/m0/s1. The van der Waals surface area contributed by atoms with Crippen LogP contribution in [-0.4, -0.2) is 16.6 Å². The van der Waals surface area contributed by atoms with E-state index in [4.69, 9.17) is 11.5 Å². The molecule has 76 valence electrons. The number of hydrogen-bond acceptors (Lipinski definition) is 3. The van der Waals surface area contributed by atoms with Crippen molar-refractivity contribution in [1.29, 1.82) is 0 Å². The highest BCUT2D eigenvalue weighted by Gasteiger charge is 2.35. The minimum Gasteiger partial charge on any atom is -0.386 e. The van der Waals surface area contributed by atoms with E-state index in [-0.39, 0.29) is 0 Å². The van der Waals surface area contributed by atoms with Crippen molar-refractivity contribution in [2.45, 2.75) is 18.6 Å². The molecule has 1 aromatic carbocycles. The number of aliphatic hydroxyl groups excluding tert-OH is 1. The lowest BCUT2D eigenvalue weighted by atomic mass is 9.90. The Hall–Kier alpha value is -1.39. The van der Waals surface area contributed by atoms with Gasteiger partial charge < -0.3 is 16.6 Å². The summed E-state index contributed by atoms with van der Waals surface area (Å²) in [7, 11) is 0. The van der Waals surface area contributed by atoms with Crippen molar-refractivity contribution in [2.75, 3.05) is 0 Å². The molecule has 0 saturated carbocycles. The van der Waals surface area contributed by atoms with E-state index in [1.54, 1.807) is 24.3 Å². The van der Waals surface area contributed by atoms with Gasteiger partial charge in [0, 0.05) is 0 Å². The normalized spacial score (nSPS) is 17.1. The zero-order valence-corrected chi connectivity index (χ0v) is 7.97. The first-order valence-electron chi connectivity index (χ1n) is 4.28. The predicted octanol–water partition coefficient (Wildman–Crippen LogP) is -0.0773. The van der Waals surface area contributed by atoms with Gasteiger partial charge in [0.05, 0.1) is 0 Å². The molecule has 0 aliphatic carbocycles. The van der Waals surface area contributed by atoms with Crippen LogP contribution in [0.2, 0.25) is 0 Å². The van der Waals surface area contributed by atoms with Crippen LogP contribution in [0, 0.1) is 0 Å². The average Bonchev–Trinajstić information content (AvgIpc) is 2.17. The van der Waals surface area contributed by atoms with E-state index in [1.807, 2.05) is 6.07 Å². The summed E-state index contributed by atoms with van der Waals surface area (Å²) in [4.78, 5) is 11.0. The molecular formula is C10H14N2O2. The monoisotopic (exact) mass is 194 g/mol. The molecule has 5 N–H and O–H groups in total. The highest BCUT2D eigenvalue weighted by Crippen LogP contribution is 2.22. The zero-order valence-electron chi connectivity index (χ0n) is 7.97. The van der Waals surface area contributed by atoms with Crippen LogP contribution in [0.5, 0.6) is 0 Å². The van der Waals surface area contributed by atoms with E-state index in [0.717, 1.165) is 0 Å². The van der Waals surface area contributed by atoms with Gasteiger partial charge in [-0.25, -0.2) is 0 Å². The first-order chi connectivity index (χ1) is 6.46. The molecule has 0 spiro atoms. The van der Waals surface area contributed by atoms with Gasteiger partial charge in [-0.3, -0.25) is 4.79 Å². The molecule has 2 atom stereocenters. The average molecular weight is 194 g/mol. The van der Waals surface area contributed by atoms with Crippen LogP contribution < -0.4 is 11.5 Å². The van der Waals surface area contributed by atoms with Gasteiger partial charge in [-0.05, 0) is 12.5 Å². The molecule has 0 heterocycles. The SMILES string of the molecule is C[C@@](N)(C(N)=O)[C@@H](O)c1ccccc1. The minimum absolute atomic E-state index is 0.580. The molecule has 1 aromatic rings. The first-order valence-corrected chi connectivity index (χ1v) is 4.28. The lowest BCUT2D eigenvalue weighted by Crippen LogP contribution is -2.53. The molecule has 14 heavy (non-hydrogen) atoms. The summed E-state index contributed by atoms with van der Waals surface area (Å²) in [5.74, 6) is -0.728. The molecule has 0 fully saturated rings. The Morgan fingerprint density at radius 1 is 1.43 bits per heavy atom. The maximum Gasteiger partial charge on any atom is 0.240 e. The summed E-state index contributed by atoms with van der Waals surface area (Å²) in [6.45, 7) is 1.41. The van der Waals surface area contributed by atoms with Crippen molar-refractivity contribution in [1.82, 2.24) is 0 Å². The van der Waals surface area contributed by atoms with Crippen LogP contribution in [0.15, 0.2) is 30.3 Å². The van der Waals surface area contributed by atoms with Gasteiger partial charge in [0.25, 0.3) is 0 Å². The number of aliphatic hydroxyl groups is 1. The Kier molecular flexibility index (Phi) is 2.88. The lowest BCUT2D eigenvalue weighted by molar-refractivity contribution is -0.126. The second-order valence-corrected chi connectivity index (χ2v) is 3.46. The quantitative estimate of drug-likeness (QED) is 0.628. The van der Waals surface area contributed by atoms with Gasteiger partial charge in [-0.2, -0.15) is 0 Å². The topological polar surface area (TPSA) is 89.3 Å². The number of amides is 1. The molecule has 0 aliphatic rings. The summed E-state index contributed by atoms with van der Waals surface area (Å²) in [5.41, 5.74) is 9.83. The van der Waals surface area contributed by atoms with Crippen LogP contribution in [0.3, 0.4) is 0 Å². The third-order valence-corrected chi connectivity index (χ3v) is 2.21. The van der Waals surface area contributed by atoms with Crippen molar-refractivity contribution in [2.24, 2.45) is 11.5 Å². The molecule has 0 radical (unpaired) electrons. The number of rotatable bonds is 3. The zero-order chi connectivity index (χ0) is 10.8. The summed E-state index contributed by atoms with van der Waals surface area (Å²) >= 11 is 0. The smallest absolute Gasteiger partial charge is 0.240 e. The van der Waals surface area contributed by atoms with Gasteiger partial charge in [-0.15, -0.1) is 0 Å². The van der Waals surface area contributed by atoms with E-state index < -0.39 is 17.6 Å². The summed E-state index contributed by atoms with van der Waals surface area (Å²) < 4.78 is 0. The van der Waals surface area contributed by atoms with Gasteiger partial charge in [0.15, 0.2) is 0 Å². The number of carbonyl (C=O) groups excluding carboxylic acids is 1. The predicted molar refractivity (Wildman–Crippen MR) is 53.2 cm³/mol. The summed E-state index contributed by atoms with van der Waals surface area (Å²) in [6, 6.07) is 8.72.